The van der Waals surface area contributed by atoms with Gasteiger partial charge in [-0.15, -0.1) is 0 Å². The van der Waals surface area contributed by atoms with Gasteiger partial charge in [0.25, 0.3) is 0 Å². The molecule has 1 heterocycles. The van der Waals surface area contributed by atoms with Crippen molar-refractivity contribution in [3.8, 4) is 0 Å². The highest BCUT2D eigenvalue weighted by Crippen LogP contribution is 2.23. The molecule has 1 aliphatic heterocycles. The van der Waals surface area contributed by atoms with Crippen LogP contribution in [0.5, 0.6) is 0 Å². The summed E-state index contributed by atoms with van der Waals surface area (Å²) in [5.41, 5.74) is -0.0375. The lowest BCUT2D eigenvalue weighted by Crippen LogP contribution is -2.45. The van der Waals surface area contributed by atoms with E-state index in [1.807, 2.05) is 7.05 Å². The average Bonchev–Trinajstić information content (AvgIpc) is 2.86. The molecule has 0 amide bonds. The fourth-order valence-electron chi connectivity index (χ4n) is 3.56. The monoisotopic (exact) mass is 339 g/mol. The Labute approximate surface area is 148 Å². The standard InChI is InChI=1S/C19H37N3O2/c1-19(12-9-15-24-19)16-22-18(20-2)21-13-7-8-14-23-17-10-5-3-4-6-11-17/h17H,3-16H2,1-2H3,(H2,20,21,22). The third-order valence-electron chi connectivity index (χ3n) is 5.17. The van der Waals surface area contributed by atoms with Crippen molar-refractivity contribution >= 4 is 5.96 Å². The average molecular weight is 340 g/mol. The molecule has 0 aromatic heterocycles. The molecule has 1 saturated heterocycles. The van der Waals surface area contributed by atoms with E-state index in [2.05, 4.69) is 22.5 Å². The Morgan fingerprint density at radius 2 is 1.92 bits per heavy atom. The molecule has 1 aliphatic carbocycles. The number of nitrogens with one attached hydrogen (secondary N) is 2. The summed E-state index contributed by atoms with van der Waals surface area (Å²) < 4.78 is 11.8. The molecule has 140 valence electrons. The molecule has 24 heavy (non-hydrogen) atoms. The highest BCUT2D eigenvalue weighted by molar-refractivity contribution is 5.79. The largest absolute Gasteiger partial charge is 0.378 e. The second-order valence-electron chi connectivity index (χ2n) is 7.45. The topological polar surface area (TPSA) is 54.9 Å². The first kappa shape index (κ1) is 19.5. The summed E-state index contributed by atoms with van der Waals surface area (Å²) in [5, 5.41) is 6.77. The molecule has 2 fully saturated rings. The molecule has 2 rings (SSSR count). The summed E-state index contributed by atoms with van der Waals surface area (Å²) in [5.74, 6) is 0.872. The molecule has 5 nitrogen and oxygen atoms in total. The lowest BCUT2D eigenvalue weighted by molar-refractivity contribution is 0.0243. The summed E-state index contributed by atoms with van der Waals surface area (Å²) in [7, 11) is 1.82. The van der Waals surface area contributed by atoms with Crippen molar-refractivity contribution < 1.29 is 9.47 Å². The number of hydrogen-bond donors (Lipinski definition) is 2. The Bertz CT molecular complexity index is 360. The zero-order valence-electron chi connectivity index (χ0n) is 15.7. The SMILES string of the molecule is CN=C(NCCCCOC1CCCCCC1)NCC1(C)CCCO1. The number of ether oxygens (including phenoxy) is 2. The Balaban J connectivity index is 1.49. The number of unbranched alkanes of at least 4 members (excludes halogenated alkanes) is 1. The van der Waals surface area contributed by atoms with Crippen molar-refractivity contribution in [2.45, 2.75) is 82.8 Å². The lowest BCUT2D eigenvalue weighted by Gasteiger charge is -2.24. The van der Waals surface area contributed by atoms with Gasteiger partial charge in [-0.3, -0.25) is 4.99 Å². The summed E-state index contributed by atoms with van der Waals surface area (Å²) in [6.45, 7) is 5.70. The van der Waals surface area contributed by atoms with Gasteiger partial charge in [0.2, 0.25) is 0 Å². The molecule has 2 N–H and O–H groups in total. The minimum atomic E-state index is -0.0375. The van der Waals surface area contributed by atoms with Crippen LogP contribution in [0.15, 0.2) is 4.99 Å². The van der Waals surface area contributed by atoms with Crippen molar-refractivity contribution in [3.63, 3.8) is 0 Å². The zero-order valence-corrected chi connectivity index (χ0v) is 15.7. The summed E-state index contributed by atoms with van der Waals surface area (Å²) in [6.07, 6.45) is 13.0. The van der Waals surface area contributed by atoms with Crippen molar-refractivity contribution in [3.05, 3.63) is 0 Å². The van der Waals surface area contributed by atoms with Gasteiger partial charge in [0, 0.05) is 33.4 Å². The molecule has 0 bridgehead atoms. The number of aliphatic imine (C=N–C) groups is 1. The van der Waals surface area contributed by atoms with Crippen LogP contribution in [0.25, 0.3) is 0 Å². The van der Waals surface area contributed by atoms with Crippen LogP contribution in [-0.4, -0.2) is 51.0 Å². The van der Waals surface area contributed by atoms with Crippen LogP contribution in [0.3, 0.4) is 0 Å². The van der Waals surface area contributed by atoms with Gasteiger partial charge >= 0.3 is 0 Å². The van der Waals surface area contributed by atoms with Crippen LogP contribution in [0.4, 0.5) is 0 Å². The van der Waals surface area contributed by atoms with Gasteiger partial charge in [0.1, 0.15) is 0 Å². The Morgan fingerprint density at radius 3 is 2.58 bits per heavy atom. The third kappa shape index (κ3) is 7.39. The molecule has 0 aromatic rings. The first-order valence-electron chi connectivity index (χ1n) is 9.92. The number of guanidine groups is 1. The van der Waals surface area contributed by atoms with Gasteiger partial charge in [0.15, 0.2) is 5.96 Å². The van der Waals surface area contributed by atoms with Crippen molar-refractivity contribution in [1.29, 1.82) is 0 Å². The second kappa shape index (κ2) is 10.9. The fourth-order valence-corrected chi connectivity index (χ4v) is 3.56. The lowest BCUT2D eigenvalue weighted by atomic mass is 10.0. The van der Waals surface area contributed by atoms with E-state index >= 15 is 0 Å². The quantitative estimate of drug-likeness (QED) is 0.308. The van der Waals surface area contributed by atoms with Crippen LogP contribution in [0, 0.1) is 0 Å². The van der Waals surface area contributed by atoms with Crippen molar-refractivity contribution in [2.24, 2.45) is 4.99 Å². The van der Waals surface area contributed by atoms with E-state index in [0.717, 1.165) is 57.9 Å². The molecule has 1 unspecified atom stereocenters. The summed E-state index contributed by atoms with van der Waals surface area (Å²) >= 11 is 0. The Hall–Kier alpha value is -0.810. The maximum atomic E-state index is 6.03. The van der Waals surface area contributed by atoms with Gasteiger partial charge in [-0.25, -0.2) is 0 Å². The van der Waals surface area contributed by atoms with Gasteiger partial charge < -0.3 is 20.1 Å². The number of rotatable bonds is 8. The highest BCUT2D eigenvalue weighted by Gasteiger charge is 2.29. The second-order valence-corrected chi connectivity index (χ2v) is 7.45. The molecule has 2 aliphatic rings. The zero-order chi connectivity index (χ0) is 17.1. The predicted molar refractivity (Wildman–Crippen MR) is 99.6 cm³/mol. The van der Waals surface area contributed by atoms with E-state index < -0.39 is 0 Å². The van der Waals surface area contributed by atoms with Crippen molar-refractivity contribution in [1.82, 2.24) is 10.6 Å². The van der Waals surface area contributed by atoms with Gasteiger partial charge in [-0.05, 0) is 45.4 Å². The molecular weight excluding hydrogens is 302 g/mol. The van der Waals surface area contributed by atoms with Crippen LogP contribution >= 0.6 is 0 Å². The molecule has 1 saturated carbocycles. The smallest absolute Gasteiger partial charge is 0.191 e. The van der Waals surface area contributed by atoms with Gasteiger partial charge in [0.05, 0.1) is 11.7 Å². The van der Waals surface area contributed by atoms with E-state index in [4.69, 9.17) is 9.47 Å². The number of hydrogen-bond acceptors (Lipinski definition) is 3. The summed E-state index contributed by atoms with van der Waals surface area (Å²) in [4.78, 5) is 4.29. The maximum Gasteiger partial charge on any atom is 0.191 e. The molecule has 5 heteroatoms. The normalized spacial score (nSPS) is 26.3. The first-order valence-corrected chi connectivity index (χ1v) is 9.92. The van der Waals surface area contributed by atoms with E-state index in [-0.39, 0.29) is 5.60 Å². The molecule has 0 aromatic carbocycles. The van der Waals surface area contributed by atoms with E-state index in [1.54, 1.807) is 0 Å². The maximum absolute atomic E-state index is 6.03. The summed E-state index contributed by atoms with van der Waals surface area (Å²) in [6, 6.07) is 0. The molecule has 0 radical (unpaired) electrons. The van der Waals surface area contributed by atoms with Crippen molar-refractivity contribution in [2.75, 3.05) is 33.4 Å². The number of nitrogens with zero attached hydrogens (tertiary/aromatic N) is 1. The van der Waals surface area contributed by atoms with Crippen LogP contribution in [0.1, 0.15) is 71.1 Å². The van der Waals surface area contributed by atoms with Gasteiger partial charge in [-0.1, -0.05) is 25.7 Å². The minimum absolute atomic E-state index is 0.0375. The first-order chi connectivity index (χ1) is 11.7. The minimum Gasteiger partial charge on any atom is -0.378 e. The molecular formula is C19H37N3O2. The molecule has 0 spiro atoms. The van der Waals surface area contributed by atoms with E-state index in [9.17, 15) is 0 Å². The van der Waals surface area contributed by atoms with Crippen LogP contribution in [0.2, 0.25) is 0 Å². The van der Waals surface area contributed by atoms with E-state index in [0.29, 0.717) is 6.10 Å². The third-order valence-corrected chi connectivity index (χ3v) is 5.17. The Kier molecular flexibility index (Phi) is 8.89. The highest BCUT2D eigenvalue weighted by atomic mass is 16.5. The predicted octanol–water partition coefficient (Wildman–Crippen LogP) is 3.24. The molecule has 1 atom stereocenters. The van der Waals surface area contributed by atoms with Gasteiger partial charge in [-0.2, -0.15) is 0 Å². The van der Waals surface area contributed by atoms with Crippen LogP contribution < -0.4 is 10.6 Å². The fraction of sp³-hybridized carbons (Fsp3) is 0.947. The van der Waals surface area contributed by atoms with E-state index in [1.165, 1.54) is 38.5 Å². The Morgan fingerprint density at radius 1 is 1.12 bits per heavy atom. The van der Waals surface area contributed by atoms with Crippen LogP contribution in [-0.2, 0) is 9.47 Å².